The number of aromatic nitrogens is 4. The zero-order valence-corrected chi connectivity index (χ0v) is 22.0. The van der Waals surface area contributed by atoms with E-state index in [9.17, 15) is 4.39 Å². The van der Waals surface area contributed by atoms with Gasteiger partial charge < -0.3 is 10.2 Å². The first-order valence-electron chi connectivity index (χ1n) is 11.6. The molecule has 2 atom stereocenters. The smallest absolute Gasteiger partial charge is 0.312 e. The summed E-state index contributed by atoms with van der Waals surface area (Å²) in [6.45, 7) is 6.93. The fourth-order valence-corrected chi connectivity index (χ4v) is 10.8. The molecule has 3 heterocycles. The number of rotatable bonds is 6. The maximum absolute atomic E-state index is 15.2. The second-order valence-electron chi connectivity index (χ2n) is 9.75. The fourth-order valence-electron chi connectivity index (χ4n) is 4.87. The number of nitrogens with two attached hydrogens (primary N) is 1. The summed E-state index contributed by atoms with van der Waals surface area (Å²) in [5.41, 5.74) is 6.19. The van der Waals surface area contributed by atoms with Crippen molar-refractivity contribution in [2.24, 2.45) is 0 Å². The molecular formula is C26H27F2N5OSSi. The Balaban J connectivity index is 1.46. The summed E-state index contributed by atoms with van der Waals surface area (Å²) in [5.74, 6) is -0.428. The van der Waals surface area contributed by atoms with E-state index in [1.165, 1.54) is 22.7 Å². The molecule has 0 saturated carbocycles. The first kappa shape index (κ1) is 24.6. The van der Waals surface area contributed by atoms with Gasteiger partial charge in [0.15, 0.2) is 11.5 Å². The summed E-state index contributed by atoms with van der Waals surface area (Å²) in [4.78, 5) is 11.5. The van der Waals surface area contributed by atoms with Gasteiger partial charge in [-0.1, -0.05) is 81.4 Å². The Morgan fingerprint density at radius 2 is 1.61 bits per heavy atom. The van der Waals surface area contributed by atoms with Crippen LogP contribution < -0.4 is 16.1 Å². The summed E-state index contributed by atoms with van der Waals surface area (Å²) in [6, 6.07) is 20.6. The van der Waals surface area contributed by atoms with Gasteiger partial charge in [-0.2, -0.15) is 14.4 Å². The van der Waals surface area contributed by atoms with E-state index in [4.69, 9.17) is 10.2 Å². The Labute approximate surface area is 213 Å². The van der Waals surface area contributed by atoms with Gasteiger partial charge in [-0.3, -0.25) is 4.57 Å². The third-order valence-electron chi connectivity index (χ3n) is 6.44. The predicted octanol–water partition coefficient (Wildman–Crippen LogP) is 4.59. The van der Waals surface area contributed by atoms with E-state index in [0.717, 1.165) is 10.4 Å². The molecule has 5 rings (SSSR count). The van der Waals surface area contributed by atoms with E-state index in [-0.39, 0.29) is 33.1 Å². The average Bonchev–Trinajstić information content (AvgIpc) is 3.43. The Hall–Kier alpha value is -3.08. The highest BCUT2D eigenvalue weighted by atomic mass is 32.2. The van der Waals surface area contributed by atoms with Crippen LogP contribution >= 0.6 is 11.8 Å². The highest BCUT2D eigenvalue weighted by molar-refractivity contribution is 8.00. The molecule has 0 saturated heterocycles. The van der Waals surface area contributed by atoms with Crippen molar-refractivity contribution in [3.8, 4) is 0 Å². The molecule has 0 amide bonds. The van der Waals surface area contributed by atoms with Crippen LogP contribution in [0.2, 0.25) is 5.04 Å². The molecule has 36 heavy (non-hydrogen) atoms. The number of halogens is 2. The lowest BCUT2D eigenvalue weighted by atomic mass is 10.2. The number of benzene rings is 2. The van der Waals surface area contributed by atoms with E-state index in [2.05, 4.69) is 60.0 Å². The average molecular weight is 524 g/mol. The number of hydrogen-bond donors (Lipinski definition) is 1. The van der Waals surface area contributed by atoms with Crippen LogP contribution in [-0.4, -0.2) is 39.7 Å². The summed E-state index contributed by atoms with van der Waals surface area (Å²) in [6.07, 6.45) is 2.02. The second-order valence-corrected chi connectivity index (χ2v) is 15.4. The molecule has 10 heteroatoms. The fraction of sp³-hybridized carbons (Fsp3) is 0.269. The van der Waals surface area contributed by atoms with E-state index >= 15 is 4.39 Å². The largest absolute Gasteiger partial charge is 0.406 e. The van der Waals surface area contributed by atoms with Crippen molar-refractivity contribution in [3.05, 3.63) is 85.0 Å². The van der Waals surface area contributed by atoms with Crippen molar-refractivity contribution in [1.82, 2.24) is 19.5 Å². The molecule has 1 aliphatic heterocycles. The molecule has 6 nitrogen and oxygen atoms in total. The molecule has 0 radical (unpaired) electrons. The predicted molar refractivity (Wildman–Crippen MR) is 143 cm³/mol. The summed E-state index contributed by atoms with van der Waals surface area (Å²) in [5, 5.41) is 1.15. The summed E-state index contributed by atoms with van der Waals surface area (Å²) >= 11 is 1.37. The van der Waals surface area contributed by atoms with Crippen molar-refractivity contribution in [2.45, 2.75) is 36.4 Å². The van der Waals surface area contributed by atoms with Crippen LogP contribution in [0.25, 0.3) is 11.2 Å². The Kier molecular flexibility index (Phi) is 6.44. The minimum Gasteiger partial charge on any atom is -0.406 e. The van der Waals surface area contributed by atoms with Gasteiger partial charge in [0.1, 0.15) is 16.7 Å². The van der Waals surface area contributed by atoms with E-state index in [1.807, 2.05) is 36.4 Å². The molecule has 2 aromatic carbocycles. The van der Waals surface area contributed by atoms with Gasteiger partial charge in [0.25, 0.3) is 8.32 Å². The van der Waals surface area contributed by atoms with Crippen LogP contribution in [0.3, 0.4) is 0 Å². The maximum Gasteiger partial charge on any atom is 0.312 e. The molecule has 0 bridgehead atoms. The zero-order valence-electron chi connectivity index (χ0n) is 20.2. The van der Waals surface area contributed by atoms with Crippen molar-refractivity contribution in [1.29, 1.82) is 0 Å². The van der Waals surface area contributed by atoms with Gasteiger partial charge in [-0.25, -0.2) is 9.37 Å². The molecule has 1 aliphatic rings. The molecular weight excluding hydrogens is 496 g/mol. The molecule has 186 valence electrons. The molecule has 1 unspecified atom stereocenters. The topological polar surface area (TPSA) is 78.9 Å². The lowest BCUT2D eigenvalue weighted by Gasteiger charge is -2.43. The highest BCUT2D eigenvalue weighted by Gasteiger charge is 2.50. The molecule has 0 fully saturated rings. The van der Waals surface area contributed by atoms with E-state index in [1.54, 1.807) is 6.08 Å². The second kappa shape index (κ2) is 9.42. The van der Waals surface area contributed by atoms with Crippen LogP contribution in [-0.2, 0) is 4.43 Å². The first-order chi connectivity index (χ1) is 17.2. The number of nitrogens with zero attached hydrogens (tertiary/aromatic N) is 4. The third-order valence-corrected chi connectivity index (χ3v) is 12.8. The minimum atomic E-state index is -2.76. The van der Waals surface area contributed by atoms with Crippen molar-refractivity contribution in [3.63, 3.8) is 0 Å². The molecule has 4 aromatic rings. The van der Waals surface area contributed by atoms with Crippen LogP contribution in [0.4, 0.5) is 14.6 Å². The number of thioether (sulfide) groups is 1. The number of anilines is 1. The minimum absolute atomic E-state index is 0.0739. The lowest BCUT2D eigenvalue weighted by Crippen LogP contribution is -2.67. The van der Waals surface area contributed by atoms with Crippen LogP contribution in [0.1, 0.15) is 26.1 Å². The number of nitrogen functional groups attached to an aromatic ring is 1. The van der Waals surface area contributed by atoms with Gasteiger partial charge in [0, 0.05) is 0 Å². The zero-order chi connectivity index (χ0) is 25.5. The first-order valence-corrected chi connectivity index (χ1v) is 14.5. The van der Waals surface area contributed by atoms with Crippen LogP contribution in [0.5, 0.6) is 0 Å². The van der Waals surface area contributed by atoms with Gasteiger partial charge in [-0.15, -0.1) is 11.8 Å². The lowest BCUT2D eigenvalue weighted by molar-refractivity contribution is 0.308. The van der Waals surface area contributed by atoms with Gasteiger partial charge in [0.2, 0.25) is 0 Å². The maximum atomic E-state index is 15.2. The van der Waals surface area contributed by atoms with Crippen molar-refractivity contribution >= 4 is 47.4 Å². The van der Waals surface area contributed by atoms with E-state index < -0.39 is 19.8 Å². The molecule has 2 aromatic heterocycles. The van der Waals surface area contributed by atoms with Crippen LogP contribution in [0, 0.1) is 6.08 Å². The number of fused-ring (bicyclic) bond motifs is 1. The quantitative estimate of drug-likeness (QED) is 0.294. The Morgan fingerprint density at radius 3 is 2.19 bits per heavy atom. The molecule has 0 aliphatic carbocycles. The van der Waals surface area contributed by atoms with E-state index in [0.29, 0.717) is 6.61 Å². The van der Waals surface area contributed by atoms with Gasteiger partial charge in [0.05, 0.1) is 18.2 Å². The third kappa shape index (κ3) is 4.23. The highest BCUT2D eigenvalue weighted by Crippen LogP contribution is 2.44. The van der Waals surface area contributed by atoms with Crippen molar-refractivity contribution < 1.29 is 13.2 Å². The van der Waals surface area contributed by atoms with Gasteiger partial charge in [-0.05, 0) is 21.5 Å². The normalized spacial score (nSPS) is 18.5. The number of imidazole rings is 1. The number of hydrogen-bond acceptors (Lipinski definition) is 6. The molecule has 2 N–H and O–H groups in total. The Bertz CT molecular complexity index is 1370. The summed E-state index contributed by atoms with van der Waals surface area (Å²) < 4.78 is 37.5. The molecule has 0 spiro atoms. The van der Waals surface area contributed by atoms with Crippen molar-refractivity contribution in [2.75, 3.05) is 12.3 Å². The summed E-state index contributed by atoms with van der Waals surface area (Å²) in [7, 11) is -2.76. The monoisotopic (exact) mass is 523 g/mol. The Morgan fingerprint density at radius 1 is 1.00 bits per heavy atom. The SMILES string of the molecule is CC(C)(C)[Si](OC[C@H]1C=C(F)C(n2cnc3c(N)nc(F)nc32)S1)(c1ccccc1)c1ccccc1. The van der Waals surface area contributed by atoms with Crippen LogP contribution in [0.15, 0.2) is 78.9 Å². The van der Waals surface area contributed by atoms with Gasteiger partial charge >= 0.3 is 6.08 Å². The standard InChI is InChI=1S/C26H27F2N5OSSi/c1-26(2,3)36(18-10-6-4-7-11-18,19-12-8-5-9-13-19)34-15-17-14-20(27)24(35-17)33-16-30-21-22(29)31-25(28)32-23(21)33/h4-14,16-17,24H,15H2,1-3H3,(H2,29,31,32)/t17-,24?/m1/s1.